The fourth-order valence-corrected chi connectivity index (χ4v) is 2.64. The molecule has 0 spiro atoms. The molecule has 0 N–H and O–H groups in total. The van der Waals surface area contributed by atoms with Gasteiger partial charge in [0.1, 0.15) is 13.2 Å². The highest BCUT2D eigenvalue weighted by Crippen LogP contribution is 2.11. The number of carbonyl (C=O) groups is 2. The van der Waals surface area contributed by atoms with Gasteiger partial charge in [-0.15, -0.1) is 0 Å². The van der Waals surface area contributed by atoms with Gasteiger partial charge in [-0.05, 0) is 5.56 Å². The molecule has 156 valence electrons. The number of fused-ring (bicyclic) bond motifs is 2. The van der Waals surface area contributed by atoms with Crippen molar-refractivity contribution in [2.24, 2.45) is 0 Å². The fraction of sp³-hybridized carbons (Fsp3) is 0.450. The smallest absolute Gasteiger partial charge is 0.374 e. The first-order chi connectivity index (χ1) is 14.2. The molecule has 1 aromatic carbocycles. The van der Waals surface area contributed by atoms with Gasteiger partial charge < -0.3 is 28.3 Å². The van der Waals surface area contributed by atoms with Crippen molar-refractivity contribution >= 4 is 11.9 Å². The zero-order valence-electron chi connectivity index (χ0n) is 16.1. The number of benzene rings is 1. The molecule has 0 unspecified atom stereocenters. The summed E-state index contributed by atoms with van der Waals surface area (Å²) in [4.78, 5) is 28.9. The molecule has 0 saturated heterocycles. The standard InChI is InChI=1S/C20H24N2O7/c23-19-17-15-22(14-16-4-2-1-3-5-16)18(21-17)20(24)29-13-11-27-9-7-25-6-8-26-10-12-28-19/h1-5,15H,6-14H2. The minimum Gasteiger partial charge on any atom is -0.458 e. The van der Waals surface area contributed by atoms with Gasteiger partial charge in [0, 0.05) is 12.7 Å². The van der Waals surface area contributed by atoms with Gasteiger partial charge >= 0.3 is 11.9 Å². The van der Waals surface area contributed by atoms with Gasteiger partial charge in [-0.2, -0.15) is 0 Å². The minimum absolute atomic E-state index is 0.0292. The number of imidazole rings is 1. The molecule has 0 amide bonds. The largest absolute Gasteiger partial charge is 0.458 e. The van der Waals surface area contributed by atoms with E-state index in [1.807, 2.05) is 30.3 Å². The number of aromatic nitrogens is 2. The summed E-state index contributed by atoms with van der Waals surface area (Å²) in [6.45, 7) is 2.60. The van der Waals surface area contributed by atoms with Crippen LogP contribution in [0.15, 0.2) is 36.5 Å². The molecule has 1 aliphatic rings. The zero-order valence-corrected chi connectivity index (χ0v) is 16.1. The van der Waals surface area contributed by atoms with E-state index in [1.165, 1.54) is 6.20 Å². The average molecular weight is 404 g/mol. The van der Waals surface area contributed by atoms with Crippen molar-refractivity contribution in [3.05, 3.63) is 53.6 Å². The van der Waals surface area contributed by atoms with E-state index >= 15 is 0 Å². The summed E-state index contributed by atoms with van der Waals surface area (Å²) in [6.07, 6.45) is 1.49. The Hall–Kier alpha value is -2.75. The molecule has 0 atom stereocenters. The Morgan fingerprint density at radius 1 is 0.759 bits per heavy atom. The van der Waals surface area contributed by atoms with Crippen LogP contribution in [-0.4, -0.2) is 74.3 Å². The van der Waals surface area contributed by atoms with Crippen LogP contribution in [-0.2, 0) is 30.2 Å². The van der Waals surface area contributed by atoms with Crippen molar-refractivity contribution in [3.8, 4) is 0 Å². The number of rotatable bonds is 2. The molecule has 0 radical (unpaired) electrons. The van der Waals surface area contributed by atoms with Crippen molar-refractivity contribution in [3.63, 3.8) is 0 Å². The first-order valence-electron chi connectivity index (χ1n) is 9.42. The quantitative estimate of drug-likeness (QED) is 0.691. The monoisotopic (exact) mass is 404 g/mol. The number of hydrogen-bond donors (Lipinski definition) is 0. The van der Waals surface area contributed by atoms with E-state index in [1.54, 1.807) is 4.57 Å². The van der Waals surface area contributed by atoms with Gasteiger partial charge in [0.2, 0.25) is 5.82 Å². The second-order valence-corrected chi connectivity index (χ2v) is 6.17. The van der Waals surface area contributed by atoms with Crippen LogP contribution in [0.3, 0.4) is 0 Å². The normalized spacial score (nSPS) is 17.7. The molecule has 3 rings (SSSR count). The maximum absolute atomic E-state index is 12.5. The summed E-state index contributed by atoms with van der Waals surface area (Å²) in [7, 11) is 0. The van der Waals surface area contributed by atoms with Crippen LogP contribution in [0.5, 0.6) is 0 Å². The third kappa shape index (κ3) is 6.67. The molecular weight excluding hydrogens is 380 g/mol. The second kappa shape index (κ2) is 11.3. The summed E-state index contributed by atoms with van der Waals surface area (Å²) >= 11 is 0. The number of ether oxygens (including phenoxy) is 5. The number of hydrogen-bond acceptors (Lipinski definition) is 8. The van der Waals surface area contributed by atoms with Gasteiger partial charge in [0.05, 0.1) is 39.6 Å². The van der Waals surface area contributed by atoms with Gasteiger partial charge in [-0.3, -0.25) is 0 Å². The molecule has 0 fully saturated rings. The average Bonchev–Trinajstić information content (AvgIpc) is 3.15. The van der Waals surface area contributed by atoms with Gasteiger partial charge in [0.25, 0.3) is 0 Å². The van der Waals surface area contributed by atoms with Crippen molar-refractivity contribution in [1.29, 1.82) is 0 Å². The summed E-state index contributed by atoms with van der Waals surface area (Å²) in [5.74, 6) is -1.24. The van der Waals surface area contributed by atoms with E-state index in [0.717, 1.165) is 5.56 Å². The molecule has 0 saturated carbocycles. The van der Waals surface area contributed by atoms with Crippen LogP contribution in [0, 0.1) is 0 Å². The van der Waals surface area contributed by atoms with Crippen LogP contribution >= 0.6 is 0 Å². The molecule has 2 bridgehead atoms. The maximum Gasteiger partial charge on any atom is 0.374 e. The topological polar surface area (TPSA) is 98.1 Å². The highest BCUT2D eigenvalue weighted by molar-refractivity contribution is 5.91. The van der Waals surface area contributed by atoms with E-state index in [9.17, 15) is 9.59 Å². The molecule has 9 nitrogen and oxygen atoms in total. The van der Waals surface area contributed by atoms with Crippen LogP contribution in [0.25, 0.3) is 0 Å². The Labute approximate surface area is 168 Å². The molecule has 1 aromatic heterocycles. The Kier molecular flexibility index (Phi) is 8.17. The molecule has 29 heavy (non-hydrogen) atoms. The third-order valence-corrected chi connectivity index (χ3v) is 4.03. The molecule has 1 aliphatic heterocycles. The van der Waals surface area contributed by atoms with E-state index in [0.29, 0.717) is 33.0 Å². The molecule has 0 aliphatic carbocycles. The predicted octanol–water partition coefficient (Wildman–Crippen LogP) is 1.31. The molecule has 9 heteroatoms. The molecule has 2 heterocycles. The SMILES string of the molecule is O=C1OCCOCCOCCOCCOC(=O)c2nc1cn2Cc1ccccc1. The Morgan fingerprint density at radius 2 is 1.31 bits per heavy atom. The first-order valence-corrected chi connectivity index (χ1v) is 9.42. The van der Waals surface area contributed by atoms with Gasteiger partial charge in [-0.1, -0.05) is 30.3 Å². The van der Waals surface area contributed by atoms with E-state index in [4.69, 9.17) is 23.7 Å². The van der Waals surface area contributed by atoms with Crippen molar-refractivity contribution in [2.45, 2.75) is 6.54 Å². The van der Waals surface area contributed by atoms with Crippen molar-refractivity contribution < 1.29 is 33.3 Å². The lowest BCUT2D eigenvalue weighted by Gasteiger charge is -2.09. The van der Waals surface area contributed by atoms with Crippen molar-refractivity contribution in [1.82, 2.24) is 9.55 Å². The second-order valence-electron chi connectivity index (χ2n) is 6.17. The van der Waals surface area contributed by atoms with Crippen molar-refractivity contribution in [2.75, 3.05) is 52.9 Å². The van der Waals surface area contributed by atoms with Crippen LogP contribution in [0.2, 0.25) is 0 Å². The number of carbonyl (C=O) groups excluding carboxylic acids is 2. The fourth-order valence-electron chi connectivity index (χ4n) is 2.64. The Balaban J connectivity index is 1.74. The highest BCUT2D eigenvalue weighted by atomic mass is 16.6. The lowest BCUT2D eigenvalue weighted by atomic mass is 10.2. The summed E-state index contributed by atoms with van der Waals surface area (Å²) in [6, 6.07) is 9.53. The lowest BCUT2D eigenvalue weighted by molar-refractivity contribution is -0.00739. The van der Waals surface area contributed by atoms with Gasteiger partial charge in [-0.25, -0.2) is 14.6 Å². The van der Waals surface area contributed by atoms with Gasteiger partial charge in [0.15, 0.2) is 5.69 Å². The Bertz CT molecular complexity index is 791. The summed E-state index contributed by atoms with van der Waals surface area (Å²) in [5, 5.41) is 0. The molecular formula is C20H24N2O7. The van der Waals surface area contributed by atoms with E-state index in [-0.39, 0.29) is 37.9 Å². The third-order valence-electron chi connectivity index (χ3n) is 4.03. The lowest BCUT2D eigenvalue weighted by Crippen LogP contribution is -2.18. The zero-order chi connectivity index (χ0) is 20.3. The highest BCUT2D eigenvalue weighted by Gasteiger charge is 2.22. The molecule has 2 aromatic rings. The van der Waals surface area contributed by atoms with Crippen LogP contribution in [0.4, 0.5) is 0 Å². The van der Waals surface area contributed by atoms with E-state index < -0.39 is 11.9 Å². The number of nitrogens with zero attached hydrogens (tertiary/aromatic N) is 2. The predicted molar refractivity (Wildman–Crippen MR) is 101 cm³/mol. The summed E-state index contributed by atoms with van der Waals surface area (Å²) < 4.78 is 28.0. The van der Waals surface area contributed by atoms with Crippen LogP contribution in [0.1, 0.15) is 26.7 Å². The number of esters is 2. The Morgan fingerprint density at radius 3 is 1.93 bits per heavy atom. The maximum atomic E-state index is 12.5. The first kappa shape index (κ1) is 21.0. The van der Waals surface area contributed by atoms with Crippen LogP contribution < -0.4 is 0 Å². The number of cyclic esters (lactones) is 2. The minimum atomic E-state index is -0.635. The summed E-state index contributed by atoms with van der Waals surface area (Å²) in [5.41, 5.74) is 0.988. The van der Waals surface area contributed by atoms with E-state index in [2.05, 4.69) is 4.98 Å².